The molecule has 0 saturated heterocycles. The molecule has 2 aromatic rings. The molecule has 0 bridgehead atoms. The van der Waals surface area contributed by atoms with Gasteiger partial charge in [0, 0.05) is 11.6 Å². The first kappa shape index (κ1) is 20.9. The minimum atomic E-state index is -3.42. The van der Waals surface area contributed by atoms with Crippen LogP contribution in [0.1, 0.15) is 30.5 Å². The number of carbonyl (C=O) groups is 1. The van der Waals surface area contributed by atoms with Gasteiger partial charge in [-0.2, -0.15) is 0 Å². The van der Waals surface area contributed by atoms with Gasteiger partial charge in [0.25, 0.3) is 0 Å². The van der Waals surface area contributed by atoms with Crippen molar-refractivity contribution in [2.45, 2.75) is 26.9 Å². The van der Waals surface area contributed by atoms with Crippen LogP contribution in [0.5, 0.6) is 5.75 Å². The fourth-order valence-corrected chi connectivity index (χ4v) is 4.21. The van der Waals surface area contributed by atoms with Gasteiger partial charge in [0.1, 0.15) is 5.75 Å². The predicted octanol–water partition coefficient (Wildman–Crippen LogP) is 5.38. The molecule has 1 atom stereocenters. The van der Waals surface area contributed by atoms with Gasteiger partial charge >= 0.3 is 13.6 Å². The third-order valence-electron chi connectivity index (χ3n) is 3.63. The van der Waals surface area contributed by atoms with E-state index in [2.05, 4.69) is 0 Å². The number of esters is 1. The highest BCUT2D eigenvalue weighted by molar-refractivity contribution is 7.53. The first-order valence-corrected chi connectivity index (χ1v) is 10.6. The summed E-state index contributed by atoms with van der Waals surface area (Å²) in [5, 5.41) is 0. The van der Waals surface area contributed by atoms with Crippen LogP contribution >= 0.6 is 7.60 Å². The molecule has 0 aromatic heterocycles. The van der Waals surface area contributed by atoms with Gasteiger partial charge in [0.05, 0.1) is 19.4 Å². The molecule has 1 unspecified atom stereocenters. The van der Waals surface area contributed by atoms with Crippen molar-refractivity contribution in [1.82, 2.24) is 0 Å². The van der Waals surface area contributed by atoms with E-state index in [4.69, 9.17) is 13.8 Å². The summed E-state index contributed by atoms with van der Waals surface area (Å²) in [5.41, 5.74) is 2.49. The van der Waals surface area contributed by atoms with Crippen LogP contribution in [-0.4, -0.2) is 19.2 Å². The molecule has 0 fully saturated rings. The normalized spacial score (nSPS) is 13.3. The summed E-state index contributed by atoms with van der Waals surface area (Å²) in [6.07, 6.45) is 3.09. The molecule has 27 heavy (non-hydrogen) atoms. The van der Waals surface area contributed by atoms with Gasteiger partial charge in [-0.15, -0.1) is 0 Å². The van der Waals surface area contributed by atoms with Crippen LogP contribution in [0.3, 0.4) is 0 Å². The lowest BCUT2D eigenvalue weighted by molar-refractivity contribution is -0.137. The quantitative estimate of drug-likeness (QED) is 0.328. The topological polar surface area (TPSA) is 61.8 Å². The molecule has 2 rings (SSSR count). The molecule has 144 valence electrons. The van der Waals surface area contributed by atoms with Crippen LogP contribution in [0.2, 0.25) is 0 Å². The van der Waals surface area contributed by atoms with E-state index >= 15 is 0 Å². The Morgan fingerprint density at radius 3 is 2.48 bits per heavy atom. The minimum absolute atomic E-state index is 0.163. The Bertz CT molecular complexity index is 830. The molecule has 0 heterocycles. The Kier molecular flexibility index (Phi) is 7.83. The third kappa shape index (κ3) is 6.70. The minimum Gasteiger partial charge on any atom is -0.463 e. The average molecular weight is 388 g/mol. The summed E-state index contributed by atoms with van der Waals surface area (Å²) in [5.74, 6) is -0.0453. The van der Waals surface area contributed by atoms with Gasteiger partial charge in [-0.25, -0.2) is 9.36 Å². The fraction of sp³-hybridized carbons (Fsp3) is 0.286. The molecule has 0 aliphatic heterocycles. The SMILES string of the molecule is CCOC(=O)/C=C/c1cc(C)ccc1OP(=O)(Cc1ccccc1)OCC. The number of ether oxygens (including phenoxy) is 1. The number of benzene rings is 2. The summed E-state index contributed by atoms with van der Waals surface area (Å²) >= 11 is 0. The van der Waals surface area contributed by atoms with Crippen molar-refractivity contribution in [2.24, 2.45) is 0 Å². The van der Waals surface area contributed by atoms with Gasteiger partial charge in [0.2, 0.25) is 0 Å². The monoisotopic (exact) mass is 388 g/mol. The number of rotatable bonds is 9. The molecular formula is C21H25O5P. The van der Waals surface area contributed by atoms with Crippen molar-refractivity contribution in [2.75, 3.05) is 13.2 Å². The molecule has 5 nitrogen and oxygen atoms in total. The lowest BCUT2D eigenvalue weighted by Crippen LogP contribution is -2.03. The third-order valence-corrected chi connectivity index (χ3v) is 5.51. The van der Waals surface area contributed by atoms with E-state index in [-0.39, 0.29) is 12.8 Å². The maximum atomic E-state index is 13.3. The number of aryl methyl sites for hydroxylation is 1. The summed E-state index contributed by atoms with van der Waals surface area (Å²) in [6, 6.07) is 14.9. The van der Waals surface area contributed by atoms with Crippen molar-refractivity contribution in [1.29, 1.82) is 0 Å². The van der Waals surface area contributed by atoms with Crippen LogP contribution in [0.15, 0.2) is 54.6 Å². The molecule has 6 heteroatoms. The van der Waals surface area contributed by atoms with E-state index in [9.17, 15) is 9.36 Å². The Morgan fingerprint density at radius 2 is 1.81 bits per heavy atom. The summed E-state index contributed by atoms with van der Waals surface area (Å²) in [6.45, 7) is 6.02. The first-order chi connectivity index (χ1) is 13.0. The highest BCUT2D eigenvalue weighted by Gasteiger charge is 2.27. The van der Waals surface area contributed by atoms with Crippen LogP contribution in [-0.2, 0) is 24.8 Å². The predicted molar refractivity (Wildman–Crippen MR) is 107 cm³/mol. The second-order valence-corrected chi connectivity index (χ2v) is 7.87. The van der Waals surface area contributed by atoms with Crippen LogP contribution in [0.4, 0.5) is 0 Å². The summed E-state index contributed by atoms with van der Waals surface area (Å²) in [4.78, 5) is 11.6. The van der Waals surface area contributed by atoms with E-state index in [1.165, 1.54) is 6.08 Å². The molecule has 0 aliphatic carbocycles. The van der Waals surface area contributed by atoms with Gasteiger partial charge in [-0.05, 0) is 44.5 Å². The van der Waals surface area contributed by atoms with Crippen LogP contribution < -0.4 is 4.52 Å². The fourth-order valence-electron chi connectivity index (χ4n) is 2.49. The first-order valence-electron chi connectivity index (χ1n) is 8.88. The standard InChI is InChI=1S/C21H25O5P/c1-4-24-21(22)14-12-19-15-17(3)11-13-20(19)26-27(23,25-5-2)16-18-9-7-6-8-10-18/h6-15H,4-5,16H2,1-3H3/b14-12+. The smallest absolute Gasteiger partial charge is 0.383 e. The Balaban J connectivity index is 2.29. The van der Waals surface area contributed by atoms with Gasteiger partial charge in [-0.1, -0.05) is 42.0 Å². The molecule has 2 aromatic carbocycles. The number of carbonyl (C=O) groups excluding carboxylic acids is 1. The van der Waals surface area contributed by atoms with Gasteiger partial charge in [-0.3, -0.25) is 4.52 Å². The highest BCUT2D eigenvalue weighted by atomic mass is 31.2. The van der Waals surface area contributed by atoms with Gasteiger partial charge in [0.15, 0.2) is 0 Å². The lowest BCUT2D eigenvalue weighted by atomic mass is 10.1. The van der Waals surface area contributed by atoms with Gasteiger partial charge < -0.3 is 9.26 Å². The van der Waals surface area contributed by atoms with Crippen molar-refractivity contribution < 1.29 is 23.1 Å². The van der Waals surface area contributed by atoms with Crippen LogP contribution in [0.25, 0.3) is 6.08 Å². The Labute approximate surface area is 160 Å². The zero-order valence-corrected chi connectivity index (χ0v) is 16.8. The number of hydrogen-bond acceptors (Lipinski definition) is 5. The molecule has 0 radical (unpaired) electrons. The molecular weight excluding hydrogens is 363 g/mol. The molecule has 0 N–H and O–H groups in total. The van der Waals surface area contributed by atoms with E-state index in [0.717, 1.165) is 11.1 Å². The highest BCUT2D eigenvalue weighted by Crippen LogP contribution is 2.52. The molecule has 0 spiro atoms. The molecule has 0 saturated carbocycles. The molecule has 0 amide bonds. The average Bonchev–Trinajstić information content (AvgIpc) is 2.63. The van der Waals surface area contributed by atoms with Crippen LogP contribution in [0, 0.1) is 6.92 Å². The van der Waals surface area contributed by atoms with Crippen molar-refractivity contribution in [3.63, 3.8) is 0 Å². The molecule has 0 aliphatic rings. The number of hydrogen-bond donors (Lipinski definition) is 0. The van der Waals surface area contributed by atoms with E-state index in [1.807, 2.05) is 49.4 Å². The summed E-state index contributed by atoms with van der Waals surface area (Å²) < 4.78 is 29.5. The van der Waals surface area contributed by atoms with E-state index < -0.39 is 13.6 Å². The second kappa shape index (κ2) is 10.1. The Hall–Kier alpha value is -2.36. The van der Waals surface area contributed by atoms with Crippen molar-refractivity contribution in [3.8, 4) is 5.75 Å². The zero-order valence-electron chi connectivity index (χ0n) is 15.9. The zero-order chi connectivity index (χ0) is 19.7. The van der Waals surface area contributed by atoms with E-state index in [0.29, 0.717) is 17.9 Å². The van der Waals surface area contributed by atoms with E-state index in [1.54, 1.807) is 26.0 Å². The Morgan fingerprint density at radius 1 is 1.07 bits per heavy atom. The lowest BCUT2D eigenvalue weighted by Gasteiger charge is -2.20. The van der Waals surface area contributed by atoms with Crippen molar-refractivity contribution in [3.05, 3.63) is 71.3 Å². The van der Waals surface area contributed by atoms with Crippen molar-refractivity contribution >= 4 is 19.6 Å². The maximum absolute atomic E-state index is 13.3. The maximum Gasteiger partial charge on any atom is 0.383 e. The summed E-state index contributed by atoms with van der Waals surface area (Å²) in [7, 11) is -3.42. The second-order valence-electron chi connectivity index (χ2n) is 5.89. The largest absolute Gasteiger partial charge is 0.463 e.